The summed E-state index contributed by atoms with van der Waals surface area (Å²) in [6.45, 7) is 5.41. The summed E-state index contributed by atoms with van der Waals surface area (Å²) >= 11 is 0. The van der Waals surface area contributed by atoms with Gasteiger partial charge in [-0.15, -0.1) is 0 Å². The van der Waals surface area contributed by atoms with Crippen molar-refractivity contribution < 1.29 is 14.1 Å². The van der Waals surface area contributed by atoms with Crippen LogP contribution in [0.15, 0.2) is 4.52 Å². The summed E-state index contributed by atoms with van der Waals surface area (Å²) in [6.07, 6.45) is 8.59. The molecule has 2 aliphatic heterocycles. The number of piperazine rings is 1. The highest BCUT2D eigenvalue weighted by atomic mass is 16.5. The number of carbonyl (C=O) groups is 1. The summed E-state index contributed by atoms with van der Waals surface area (Å²) in [7, 11) is 0. The Morgan fingerprint density at radius 3 is 2.62 bits per heavy atom. The fourth-order valence-electron chi connectivity index (χ4n) is 4.35. The lowest BCUT2D eigenvalue weighted by Gasteiger charge is -2.35. The minimum absolute atomic E-state index is 0.197. The Bertz CT molecular complexity index is 585. The van der Waals surface area contributed by atoms with E-state index in [1.54, 1.807) is 0 Å². The van der Waals surface area contributed by atoms with Crippen LogP contribution in [0.3, 0.4) is 0 Å². The van der Waals surface area contributed by atoms with Crippen LogP contribution in [0.1, 0.15) is 62.6 Å². The third-order valence-electron chi connectivity index (χ3n) is 5.97. The van der Waals surface area contributed by atoms with E-state index in [0.717, 1.165) is 58.0 Å². The standard InChI is InChI=1S/C19H30N4O3/c24-18(8-7-17-20-19(21-26-17)15-4-1-2-5-15)23-11-9-22(10-12-23)14-16-6-3-13-25-16/h15-16H,1-14H2. The van der Waals surface area contributed by atoms with E-state index in [1.165, 1.54) is 25.7 Å². The summed E-state index contributed by atoms with van der Waals surface area (Å²) < 4.78 is 11.1. The lowest BCUT2D eigenvalue weighted by molar-refractivity contribution is -0.133. The average molecular weight is 362 g/mol. The first-order valence-electron chi connectivity index (χ1n) is 10.2. The number of hydrogen-bond acceptors (Lipinski definition) is 6. The van der Waals surface area contributed by atoms with Crippen molar-refractivity contribution in [3.05, 3.63) is 11.7 Å². The first-order valence-corrected chi connectivity index (χ1v) is 10.2. The van der Waals surface area contributed by atoms with Crippen molar-refractivity contribution in [3.8, 4) is 0 Å². The van der Waals surface area contributed by atoms with Gasteiger partial charge in [-0.3, -0.25) is 9.69 Å². The molecular weight excluding hydrogens is 332 g/mol. The Kier molecular flexibility index (Phi) is 5.84. The molecular formula is C19H30N4O3. The average Bonchev–Trinajstić information content (AvgIpc) is 3.41. The molecule has 0 bridgehead atoms. The molecule has 4 rings (SSSR count). The van der Waals surface area contributed by atoms with Crippen molar-refractivity contribution in [2.75, 3.05) is 39.3 Å². The molecule has 1 saturated carbocycles. The van der Waals surface area contributed by atoms with Crippen LogP contribution in [-0.4, -0.2) is 71.3 Å². The third kappa shape index (κ3) is 4.43. The highest BCUT2D eigenvalue weighted by Crippen LogP contribution is 2.32. The van der Waals surface area contributed by atoms with E-state index in [0.29, 0.717) is 30.8 Å². The quantitative estimate of drug-likeness (QED) is 0.771. The van der Waals surface area contributed by atoms with Crippen molar-refractivity contribution in [2.24, 2.45) is 0 Å². The summed E-state index contributed by atoms with van der Waals surface area (Å²) in [5.74, 6) is 2.10. The molecule has 1 amide bonds. The number of carbonyl (C=O) groups excluding carboxylic acids is 1. The topological polar surface area (TPSA) is 71.7 Å². The zero-order valence-corrected chi connectivity index (χ0v) is 15.6. The van der Waals surface area contributed by atoms with E-state index in [-0.39, 0.29) is 5.91 Å². The largest absolute Gasteiger partial charge is 0.377 e. The Labute approximate surface area is 155 Å². The molecule has 7 heteroatoms. The highest BCUT2D eigenvalue weighted by Gasteiger charge is 2.26. The van der Waals surface area contributed by atoms with E-state index in [2.05, 4.69) is 15.0 Å². The van der Waals surface area contributed by atoms with E-state index < -0.39 is 0 Å². The number of hydrogen-bond donors (Lipinski definition) is 0. The predicted octanol–water partition coefficient (Wildman–Crippen LogP) is 1.98. The molecule has 1 aliphatic carbocycles. The molecule has 1 unspecified atom stereocenters. The second-order valence-corrected chi connectivity index (χ2v) is 7.84. The molecule has 3 aliphatic rings. The number of ether oxygens (including phenoxy) is 1. The zero-order chi connectivity index (χ0) is 17.8. The minimum atomic E-state index is 0.197. The summed E-state index contributed by atoms with van der Waals surface area (Å²) in [5, 5.41) is 4.12. The Morgan fingerprint density at radius 1 is 1.08 bits per heavy atom. The smallest absolute Gasteiger partial charge is 0.227 e. The number of rotatable bonds is 6. The highest BCUT2D eigenvalue weighted by molar-refractivity contribution is 5.76. The van der Waals surface area contributed by atoms with Crippen molar-refractivity contribution in [1.82, 2.24) is 19.9 Å². The van der Waals surface area contributed by atoms with Crippen molar-refractivity contribution in [1.29, 1.82) is 0 Å². The van der Waals surface area contributed by atoms with Gasteiger partial charge in [0.15, 0.2) is 5.82 Å². The van der Waals surface area contributed by atoms with Gasteiger partial charge in [-0.05, 0) is 25.7 Å². The van der Waals surface area contributed by atoms with Gasteiger partial charge in [-0.1, -0.05) is 18.0 Å². The zero-order valence-electron chi connectivity index (χ0n) is 15.6. The van der Waals surface area contributed by atoms with Crippen LogP contribution >= 0.6 is 0 Å². The number of amides is 1. The van der Waals surface area contributed by atoms with Crippen LogP contribution in [0.5, 0.6) is 0 Å². The number of nitrogens with zero attached hydrogens (tertiary/aromatic N) is 4. The van der Waals surface area contributed by atoms with E-state index in [9.17, 15) is 4.79 Å². The van der Waals surface area contributed by atoms with Crippen LogP contribution in [0.4, 0.5) is 0 Å². The van der Waals surface area contributed by atoms with E-state index >= 15 is 0 Å². The minimum Gasteiger partial charge on any atom is -0.377 e. The molecule has 1 aromatic heterocycles. The maximum atomic E-state index is 12.5. The van der Waals surface area contributed by atoms with Gasteiger partial charge in [0, 0.05) is 58.1 Å². The second kappa shape index (κ2) is 8.48. The molecule has 0 N–H and O–H groups in total. The molecule has 3 heterocycles. The molecule has 3 fully saturated rings. The van der Waals surface area contributed by atoms with Gasteiger partial charge in [-0.25, -0.2) is 0 Å². The molecule has 0 aromatic carbocycles. The van der Waals surface area contributed by atoms with Crippen LogP contribution in [0, 0.1) is 0 Å². The number of aromatic nitrogens is 2. The van der Waals surface area contributed by atoms with Crippen molar-refractivity contribution in [3.63, 3.8) is 0 Å². The van der Waals surface area contributed by atoms with Gasteiger partial charge in [-0.2, -0.15) is 4.98 Å². The first-order chi connectivity index (χ1) is 12.8. The molecule has 0 radical (unpaired) electrons. The van der Waals surface area contributed by atoms with Gasteiger partial charge in [0.05, 0.1) is 6.10 Å². The normalized spacial score (nSPS) is 25.2. The van der Waals surface area contributed by atoms with Crippen molar-refractivity contribution >= 4 is 5.91 Å². The Morgan fingerprint density at radius 2 is 1.88 bits per heavy atom. The maximum absolute atomic E-state index is 12.5. The van der Waals surface area contributed by atoms with Crippen LogP contribution in [-0.2, 0) is 16.0 Å². The van der Waals surface area contributed by atoms with Gasteiger partial charge in [0.25, 0.3) is 0 Å². The fourth-order valence-corrected chi connectivity index (χ4v) is 4.35. The molecule has 1 atom stereocenters. The SMILES string of the molecule is O=C(CCc1nc(C2CCCC2)no1)N1CCN(CC2CCCO2)CC1. The molecule has 0 spiro atoms. The van der Waals surface area contributed by atoms with Gasteiger partial charge in [0.2, 0.25) is 11.8 Å². The lowest BCUT2D eigenvalue weighted by atomic mass is 10.1. The predicted molar refractivity (Wildman–Crippen MR) is 95.8 cm³/mol. The number of aryl methyl sites for hydroxylation is 1. The van der Waals surface area contributed by atoms with Crippen LogP contribution < -0.4 is 0 Å². The first kappa shape index (κ1) is 17.9. The Balaban J connectivity index is 1.18. The monoisotopic (exact) mass is 362 g/mol. The van der Waals surface area contributed by atoms with E-state index in [4.69, 9.17) is 9.26 Å². The van der Waals surface area contributed by atoms with Crippen LogP contribution in [0.2, 0.25) is 0 Å². The van der Waals surface area contributed by atoms with Crippen molar-refractivity contribution in [2.45, 2.75) is 63.4 Å². The maximum Gasteiger partial charge on any atom is 0.227 e. The van der Waals surface area contributed by atoms with E-state index in [1.807, 2.05) is 4.90 Å². The lowest BCUT2D eigenvalue weighted by Crippen LogP contribution is -2.50. The third-order valence-corrected chi connectivity index (χ3v) is 5.97. The molecule has 26 heavy (non-hydrogen) atoms. The Hall–Kier alpha value is -1.47. The molecule has 7 nitrogen and oxygen atoms in total. The van der Waals surface area contributed by atoms with Gasteiger partial charge >= 0.3 is 0 Å². The molecule has 1 aromatic rings. The second-order valence-electron chi connectivity index (χ2n) is 7.84. The summed E-state index contributed by atoms with van der Waals surface area (Å²) in [6, 6.07) is 0. The molecule has 2 saturated heterocycles. The van der Waals surface area contributed by atoms with Crippen LogP contribution in [0.25, 0.3) is 0 Å². The van der Waals surface area contributed by atoms with Gasteiger partial charge in [0.1, 0.15) is 0 Å². The molecule has 144 valence electrons. The summed E-state index contributed by atoms with van der Waals surface area (Å²) in [5.41, 5.74) is 0. The fraction of sp³-hybridized carbons (Fsp3) is 0.842. The van der Waals surface area contributed by atoms with Gasteiger partial charge < -0.3 is 14.2 Å². The summed E-state index contributed by atoms with van der Waals surface area (Å²) in [4.78, 5) is 21.4.